The van der Waals surface area contributed by atoms with Crippen LogP contribution in [0.4, 0.5) is 4.79 Å². The first-order valence-electron chi connectivity index (χ1n) is 13.6. The third-order valence-corrected chi connectivity index (χ3v) is 7.36. The van der Waals surface area contributed by atoms with Crippen LogP contribution < -0.4 is 5.32 Å². The lowest BCUT2D eigenvalue weighted by molar-refractivity contribution is -0.138. The summed E-state index contributed by atoms with van der Waals surface area (Å²) >= 11 is 0. The molecule has 0 bridgehead atoms. The first-order chi connectivity index (χ1) is 17.6. The summed E-state index contributed by atoms with van der Waals surface area (Å²) in [6.45, 7) is 2.83. The lowest BCUT2D eigenvalue weighted by Crippen LogP contribution is -2.42. The normalized spacial score (nSPS) is 16.8. The third-order valence-electron chi connectivity index (χ3n) is 7.36. The average molecular weight is 491 g/mol. The van der Waals surface area contributed by atoms with Crippen LogP contribution in [-0.2, 0) is 14.3 Å². The molecule has 2 aromatic rings. The Hall–Kier alpha value is -3.15. The van der Waals surface area contributed by atoms with Gasteiger partial charge in [-0.15, -0.1) is 0 Å². The Kier molecular flexibility index (Phi) is 9.15. The van der Waals surface area contributed by atoms with E-state index in [4.69, 9.17) is 4.74 Å². The van der Waals surface area contributed by atoms with Gasteiger partial charge in [0.1, 0.15) is 12.6 Å². The van der Waals surface area contributed by atoms with Gasteiger partial charge in [0.15, 0.2) is 0 Å². The number of hydrogen-bond acceptors (Lipinski definition) is 4. The van der Waals surface area contributed by atoms with Crippen molar-refractivity contribution in [1.29, 1.82) is 0 Å². The van der Waals surface area contributed by atoms with Gasteiger partial charge in [-0.25, -0.2) is 4.79 Å². The van der Waals surface area contributed by atoms with Crippen molar-refractivity contribution in [3.63, 3.8) is 0 Å². The number of imide groups is 1. The van der Waals surface area contributed by atoms with E-state index in [0.717, 1.165) is 41.5 Å². The molecule has 1 atom stereocenters. The van der Waals surface area contributed by atoms with Crippen molar-refractivity contribution in [2.75, 3.05) is 13.2 Å². The van der Waals surface area contributed by atoms with Gasteiger partial charge in [-0.1, -0.05) is 107 Å². The molecule has 192 valence electrons. The Balaban J connectivity index is 1.20. The molecule has 1 N–H and O–H groups in total. The van der Waals surface area contributed by atoms with Crippen LogP contribution in [0, 0.1) is 0 Å². The van der Waals surface area contributed by atoms with Crippen molar-refractivity contribution in [3.8, 4) is 11.1 Å². The summed E-state index contributed by atoms with van der Waals surface area (Å²) in [5, 5.41) is 2.62. The summed E-state index contributed by atoms with van der Waals surface area (Å²) in [4.78, 5) is 39.0. The molecule has 1 aliphatic carbocycles. The van der Waals surface area contributed by atoms with Crippen LogP contribution in [0.2, 0.25) is 0 Å². The maximum Gasteiger partial charge on any atom is 0.407 e. The first kappa shape index (κ1) is 25.9. The number of alkyl carbamates (subject to hydrolysis) is 1. The van der Waals surface area contributed by atoms with E-state index in [-0.39, 0.29) is 30.8 Å². The molecule has 0 aromatic heterocycles. The Morgan fingerprint density at radius 2 is 1.42 bits per heavy atom. The number of nitrogens with zero attached hydrogens (tertiary/aromatic N) is 1. The van der Waals surface area contributed by atoms with Gasteiger partial charge in [-0.2, -0.15) is 0 Å². The standard InChI is InChI=1S/C30H38N2O4/c1-2-3-4-5-6-7-8-9-14-19-32-28(33)20-27(29(32)34)31-30(35)36-21-26-24-17-12-10-15-22(24)23-16-11-13-18-25(23)26/h10-13,15-18,26-27H,2-9,14,19-21H2,1H3,(H,31,35)/t27-/m0/s1. The number of rotatable bonds is 13. The summed E-state index contributed by atoms with van der Waals surface area (Å²) in [6, 6.07) is 15.4. The molecule has 4 rings (SSSR count). The molecule has 1 aliphatic heterocycles. The minimum absolute atomic E-state index is 0.000454. The van der Waals surface area contributed by atoms with Crippen molar-refractivity contribution in [2.45, 2.75) is 83.1 Å². The zero-order valence-corrected chi connectivity index (χ0v) is 21.3. The average Bonchev–Trinajstić information content (AvgIpc) is 3.35. The molecule has 6 nitrogen and oxygen atoms in total. The number of fused-ring (bicyclic) bond motifs is 3. The van der Waals surface area contributed by atoms with E-state index >= 15 is 0 Å². The van der Waals surface area contributed by atoms with Crippen LogP contribution in [0.3, 0.4) is 0 Å². The zero-order valence-electron chi connectivity index (χ0n) is 21.3. The number of benzene rings is 2. The number of amides is 3. The second-order valence-electron chi connectivity index (χ2n) is 9.94. The maximum atomic E-state index is 12.7. The van der Waals surface area contributed by atoms with Crippen LogP contribution in [0.1, 0.15) is 88.2 Å². The molecular weight excluding hydrogens is 452 g/mol. The van der Waals surface area contributed by atoms with Gasteiger partial charge in [0.05, 0.1) is 6.42 Å². The second-order valence-corrected chi connectivity index (χ2v) is 9.94. The monoisotopic (exact) mass is 490 g/mol. The van der Waals surface area contributed by atoms with E-state index in [1.54, 1.807) is 0 Å². The fourth-order valence-electron chi connectivity index (χ4n) is 5.39. The molecule has 0 radical (unpaired) electrons. The van der Waals surface area contributed by atoms with E-state index in [0.29, 0.717) is 6.54 Å². The fraction of sp³-hybridized carbons (Fsp3) is 0.500. The minimum Gasteiger partial charge on any atom is -0.449 e. The van der Waals surface area contributed by atoms with Crippen molar-refractivity contribution in [2.24, 2.45) is 0 Å². The Labute approximate surface area is 214 Å². The zero-order chi connectivity index (χ0) is 25.3. The van der Waals surface area contributed by atoms with Gasteiger partial charge in [0, 0.05) is 12.5 Å². The van der Waals surface area contributed by atoms with E-state index < -0.39 is 12.1 Å². The number of hydrogen-bond donors (Lipinski definition) is 1. The smallest absolute Gasteiger partial charge is 0.407 e. The molecule has 6 heteroatoms. The van der Waals surface area contributed by atoms with Gasteiger partial charge in [-0.05, 0) is 28.7 Å². The molecular formula is C30H38N2O4. The van der Waals surface area contributed by atoms with Gasteiger partial charge in [0.2, 0.25) is 5.91 Å². The van der Waals surface area contributed by atoms with E-state index in [1.807, 2.05) is 24.3 Å². The molecule has 2 aromatic carbocycles. The molecule has 3 amide bonds. The van der Waals surface area contributed by atoms with Crippen molar-refractivity contribution < 1.29 is 19.1 Å². The number of likely N-dealkylation sites (tertiary alicyclic amines) is 1. The topological polar surface area (TPSA) is 75.7 Å². The highest BCUT2D eigenvalue weighted by molar-refractivity contribution is 6.06. The van der Waals surface area contributed by atoms with Crippen LogP contribution >= 0.6 is 0 Å². The van der Waals surface area contributed by atoms with E-state index in [1.165, 1.54) is 43.4 Å². The predicted octanol–water partition coefficient (Wildman–Crippen LogP) is 6.18. The molecule has 1 heterocycles. The SMILES string of the molecule is CCCCCCCCCCCN1C(=O)C[C@H](NC(=O)OCC2c3ccccc3-c3ccccc32)C1=O. The van der Waals surface area contributed by atoms with Gasteiger partial charge >= 0.3 is 6.09 Å². The molecule has 1 fully saturated rings. The highest BCUT2D eigenvalue weighted by Crippen LogP contribution is 2.44. The van der Waals surface area contributed by atoms with Gasteiger partial charge < -0.3 is 10.1 Å². The number of ether oxygens (including phenoxy) is 1. The number of carbonyl (C=O) groups is 3. The lowest BCUT2D eigenvalue weighted by Gasteiger charge is -2.17. The summed E-state index contributed by atoms with van der Waals surface area (Å²) < 4.78 is 5.55. The summed E-state index contributed by atoms with van der Waals surface area (Å²) in [5.74, 6) is -0.594. The van der Waals surface area contributed by atoms with Crippen molar-refractivity contribution >= 4 is 17.9 Å². The Bertz CT molecular complexity index is 1020. The summed E-state index contributed by atoms with van der Waals surface area (Å²) in [6.07, 6.45) is 9.92. The third kappa shape index (κ3) is 6.15. The molecule has 1 saturated heterocycles. The highest BCUT2D eigenvalue weighted by Gasteiger charge is 2.39. The summed E-state index contributed by atoms with van der Waals surface area (Å²) in [7, 11) is 0. The molecule has 0 saturated carbocycles. The van der Waals surface area contributed by atoms with Crippen LogP contribution in [0.15, 0.2) is 48.5 Å². The number of nitrogens with one attached hydrogen (secondary N) is 1. The molecule has 0 unspecified atom stereocenters. The Morgan fingerprint density at radius 3 is 2.03 bits per heavy atom. The molecule has 0 spiro atoms. The quantitative estimate of drug-likeness (QED) is 0.269. The van der Waals surface area contributed by atoms with Crippen LogP contribution in [-0.4, -0.2) is 42.0 Å². The van der Waals surface area contributed by atoms with Crippen molar-refractivity contribution in [3.05, 3.63) is 59.7 Å². The minimum atomic E-state index is -0.841. The Morgan fingerprint density at radius 1 is 0.861 bits per heavy atom. The van der Waals surface area contributed by atoms with E-state index in [2.05, 4.69) is 36.5 Å². The van der Waals surface area contributed by atoms with Crippen molar-refractivity contribution in [1.82, 2.24) is 10.2 Å². The van der Waals surface area contributed by atoms with Crippen LogP contribution in [0.25, 0.3) is 11.1 Å². The van der Waals surface area contributed by atoms with Crippen LogP contribution in [0.5, 0.6) is 0 Å². The summed E-state index contributed by atoms with van der Waals surface area (Å²) in [5.41, 5.74) is 4.58. The lowest BCUT2D eigenvalue weighted by atomic mass is 9.98. The second kappa shape index (κ2) is 12.7. The molecule has 2 aliphatic rings. The molecule has 36 heavy (non-hydrogen) atoms. The van der Waals surface area contributed by atoms with Gasteiger partial charge in [-0.3, -0.25) is 14.5 Å². The largest absolute Gasteiger partial charge is 0.449 e. The number of carbonyl (C=O) groups excluding carboxylic acids is 3. The predicted molar refractivity (Wildman–Crippen MR) is 141 cm³/mol. The van der Waals surface area contributed by atoms with Gasteiger partial charge in [0.25, 0.3) is 5.91 Å². The maximum absolute atomic E-state index is 12.7. The first-order valence-corrected chi connectivity index (χ1v) is 13.6. The number of unbranched alkanes of at least 4 members (excludes halogenated alkanes) is 8. The highest BCUT2D eigenvalue weighted by atomic mass is 16.5. The van der Waals surface area contributed by atoms with E-state index in [9.17, 15) is 14.4 Å². The fourth-order valence-corrected chi connectivity index (χ4v) is 5.39.